The Morgan fingerprint density at radius 2 is 1.77 bits per heavy atom. The van der Waals surface area contributed by atoms with Gasteiger partial charge in [-0.25, -0.2) is 5.43 Å². The average molecular weight is 415 g/mol. The highest BCUT2D eigenvalue weighted by Gasteiger charge is 2.33. The van der Waals surface area contributed by atoms with Crippen LogP contribution in [0.2, 0.25) is 0 Å². The van der Waals surface area contributed by atoms with E-state index < -0.39 is 17.4 Å². The minimum atomic E-state index is -0.442. The molecule has 0 radical (unpaired) electrons. The number of carbonyl (C=O) groups is 3. The van der Waals surface area contributed by atoms with Gasteiger partial charge >= 0.3 is 0 Å². The van der Waals surface area contributed by atoms with Crippen LogP contribution < -0.4 is 10.2 Å². The Bertz CT molecular complexity index is 1240. The Kier molecular flexibility index (Phi) is 5.28. The Morgan fingerprint density at radius 3 is 2.48 bits per heavy atom. The van der Waals surface area contributed by atoms with E-state index >= 15 is 0 Å². The zero-order valence-electron chi connectivity index (χ0n) is 16.5. The minimum absolute atomic E-state index is 0.0346. The molecule has 0 spiro atoms. The molecular weight excluding hydrogens is 398 g/mol. The molecule has 0 fully saturated rings. The molecule has 0 saturated carbocycles. The third-order valence-corrected chi connectivity index (χ3v) is 4.74. The van der Waals surface area contributed by atoms with Crippen molar-refractivity contribution in [2.45, 2.75) is 6.92 Å². The summed E-state index contributed by atoms with van der Waals surface area (Å²) >= 11 is 0. The summed E-state index contributed by atoms with van der Waals surface area (Å²) in [6.07, 6.45) is 2.97. The van der Waals surface area contributed by atoms with Gasteiger partial charge < -0.3 is 9.84 Å². The van der Waals surface area contributed by atoms with Crippen molar-refractivity contribution in [1.82, 2.24) is 10.4 Å². The molecule has 0 bridgehead atoms. The molecule has 31 heavy (non-hydrogen) atoms. The number of rotatable bonds is 5. The number of phenols is 1. The number of pyridine rings is 1. The largest absolute Gasteiger partial charge is 0.504 e. The predicted molar refractivity (Wildman–Crippen MR) is 112 cm³/mol. The zero-order valence-corrected chi connectivity index (χ0v) is 16.5. The van der Waals surface area contributed by atoms with Gasteiger partial charge in [0, 0.05) is 29.1 Å². The second-order valence-corrected chi connectivity index (χ2v) is 6.86. The number of amides is 1. The first kappa shape index (κ1) is 20.0. The number of hydrogen-bond acceptors (Lipinski definition) is 7. The zero-order chi connectivity index (χ0) is 22.0. The molecule has 1 aliphatic rings. The number of ether oxygens (including phenoxy) is 1. The van der Waals surface area contributed by atoms with E-state index in [-0.39, 0.29) is 34.8 Å². The molecule has 0 saturated heterocycles. The molecule has 0 atom stereocenters. The lowest BCUT2D eigenvalue weighted by Crippen LogP contribution is -2.22. The van der Waals surface area contributed by atoms with Crippen LogP contribution in [0.4, 0.5) is 0 Å². The van der Waals surface area contributed by atoms with Gasteiger partial charge in [0.2, 0.25) is 0 Å². The van der Waals surface area contributed by atoms with Gasteiger partial charge in [-0.2, -0.15) is 5.10 Å². The summed E-state index contributed by atoms with van der Waals surface area (Å²) in [6.45, 7) is 1.57. The van der Waals surface area contributed by atoms with E-state index in [1.165, 1.54) is 18.3 Å². The summed E-state index contributed by atoms with van der Waals surface area (Å²) in [5, 5.41) is 14.6. The van der Waals surface area contributed by atoms with Crippen molar-refractivity contribution >= 4 is 23.2 Å². The first-order valence-electron chi connectivity index (χ1n) is 9.38. The molecule has 154 valence electrons. The van der Waals surface area contributed by atoms with Gasteiger partial charge in [-0.3, -0.25) is 19.4 Å². The highest BCUT2D eigenvalue weighted by Crippen LogP contribution is 2.38. The quantitative estimate of drug-likeness (QED) is 0.382. The highest BCUT2D eigenvalue weighted by molar-refractivity contribution is 6.29. The van der Waals surface area contributed by atoms with Crippen LogP contribution in [-0.4, -0.2) is 39.9 Å². The van der Waals surface area contributed by atoms with Crippen molar-refractivity contribution in [1.29, 1.82) is 0 Å². The maximum atomic E-state index is 12.8. The van der Waals surface area contributed by atoms with Crippen LogP contribution in [-0.2, 0) is 0 Å². The summed E-state index contributed by atoms with van der Waals surface area (Å²) in [5.74, 6) is -1.57. The monoisotopic (exact) mass is 415 g/mol. The van der Waals surface area contributed by atoms with Crippen molar-refractivity contribution in [2.75, 3.05) is 6.61 Å². The Hall–Kier alpha value is -4.33. The highest BCUT2D eigenvalue weighted by atomic mass is 16.5. The van der Waals surface area contributed by atoms with E-state index in [4.69, 9.17) is 4.74 Å². The lowest BCUT2D eigenvalue weighted by molar-refractivity contribution is 0.0953. The fraction of sp³-hybridized carbons (Fsp3) is 0.0870. The Labute approximate surface area is 177 Å². The van der Waals surface area contributed by atoms with E-state index in [9.17, 15) is 19.5 Å². The fourth-order valence-electron chi connectivity index (χ4n) is 3.19. The van der Waals surface area contributed by atoms with E-state index in [0.29, 0.717) is 16.8 Å². The molecule has 1 heterocycles. The van der Waals surface area contributed by atoms with Crippen LogP contribution in [0.3, 0.4) is 0 Å². The number of hydrogen-bond donors (Lipinski definition) is 2. The predicted octanol–water partition coefficient (Wildman–Crippen LogP) is 2.75. The molecule has 8 nitrogen and oxygen atoms in total. The molecular formula is C23H17N3O5. The molecule has 2 N–H and O–H groups in total. The number of aromatic nitrogens is 1. The molecule has 8 heteroatoms. The van der Waals surface area contributed by atoms with Crippen molar-refractivity contribution < 1.29 is 24.2 Å². The molecule has 4 rings (SSSR count). The summed E-state index contributed by atoms with van der Waals surface area (Å²) < 4.78 is 5.57. The smallest absolute Gasteiger partial charge is 0.272 e. The molecule has 1 amide bonds. The lowest BCUT2D eigenvalue weighted by atomic mass is 9.83. The van der Waals surface area contributed by atoms with E-state index in [1.54, 1.807) is 49.5 Å². The van der Waals surface area contributed by atoms with Gasteiger partial charge in [-0.15, -0.1) is 0 Å². The van der Waals surface area contributed by atoms with Gasteiger partial charge in [-0.1, -0.05) is 24.3 Å². The average Bonchev–Trinajstić information content (AvgIpc) is 2.80. The normalized spacial score (nSPS) is 12.7. The van der Waals surface area contributed by atoms with Gasteiger partial charge in [0.25, 0.3) is 5.91 Å². The van der Waals surface area contributed by atoms with E-state index in [2.05, 4.69) is 15.5 Å². The SMILES string of the molecule is C/C(COc1ccc2c(c1O)C(=O)c1ccccc1C2=O)=N\NC(=O)c1cccnc1. The summed E-state index contributed by atoms with van der Waals surface area (Å²) in [6, 6.07) is 12.6. The number of hydrazone groups is 1. The van der Waals surface area contributed by atoms with Crippen LogP contribution in [0.15, 0.2) is 66.0 Å². The van der Waals surface area contributed by atoms with Gasteiger partial charge in [0.05, 0.1) is 16.8 Å². The van der Waals surface area contributed by atoms with Crippen molar-refractivity contribution in [2.24, 2.45) is 5.10 Å². The number of nitrogens with zero attached hydrogens (tertiary/aromatic N) is 2. The van der Waals surface area contributed by atoms with Crippen LogP contribution in [0, 0.1) is 0 Å². The number of nitrogens with one attached hydrogen (secondary N) is 1. The molecule has 1 aromatic heterocycles. The minimum Gasteiger partial charge on any atom is -0.504 e. The Balaban J connectivity index is 1.50. The maximum Gasteiger partial charge on any atom is 0.272 e. The number of aromatic hydroxyl groups is 1. The summed E-state index contributed by atoms with van der Waals surface area (Å²) in [7, 11) is 0. The maximum absolute atomic E-state index is 12.8. The third kappa shape index (κ3) is 3.78. The topological polar surface area (TPSA) is 118 Å². The third-order valence-electron chi connectivity index (χ3n) is 4.74. The standard InChI is InChI=1S/C23H17N3O5/c1-13(25-26-23(30)14-5-4-10-24-11-14)12-31-18-9-8-17-19(22(18)29)21(28)16-7-3-2-6-15(16)20(17)27/h2-11,29H,12H2,1H3,(H,26,30)/b25-13+. The summed E-state index contributed by atoms with van der Waals surface area (Å²) in [4.78, 5) is 41.4. The lowest BCUT2D eigenvalue weighted by Gasteiger charge is -2.19. The van der Waals surface area contributed by atoms with Crippen molar-refractivity contribution in [3.8, 4) is 11.5 Å². The van der Waals surface area contributed by atoms with Crippen molar-refractivity contribution in [3.05, 3.63) is 88.7 Å². The summed E-state index contributed by atoms with van der Waals surface area (Å²) in [5.41, 5.74) is 3.76. The molecule has 2 aromatic carbocycles. The number of phenolic OH excluding ortho intramolecular Hbond substituents is 1. The van der Waals surface area contributed by atoms with Gasteiger partial charge in [0.1, 0.15) is 6.61 Å². The number of benzene rings is 2. The number of fused-ring (bicyclic) bond motifs is 2. The first-order valence-corrected chi connectivity index (χ1v) is 9.38. The second kappa shape index (κ2) is 8.19. The van der Waals surface area contributed by atoms with Gasteiger partial charge in [0.15, 0.2) is 23.1 Å². The molecule has 1 aliphatic carbocycles. The van der Waals surface area contributed by atoms with Crippen molar-refractivity contribution in [3.63, 3.8) is 0 Å². The fourth-order valence-corrected chi connectivity index (χ4v) is 3.19. The van der Waals surface area contributed by atoms with Crippen LogP contribution in [0.1, 0.15) is 49.1 Å². The number of carbonyl (C=O) groups excluding carboxylic acids is 3. The Morgan fingerprint density at radius 1 is 1.03 bits per heavy atom. The van der Waals surface area contributed by atoms with Gasteiger partial charge in [-0.05, 0) is 31.2 Å². The number of ketones is 2. The van der Waals surface area contributed by atoms with E-state index in [0.717, 1.165) is 0 Å². The van der Waals surface area contributed by atoms with Crippen LogP contribution in [0.25, 0.3) is 0 Å². The van der Waals surface area contributed by atoms with Crippen LogP contribution in [0.5, 0.6) is 11.5 Å². The second-order valence-electron chi connectivity index (χ2n) is 6.86. The van der Waals surface area contributed by atoms with Crippen LogP contribution >= 0.6 is 0 Å². The molecule has 3 aromatic rings. The van der Waals surface area contributed by atoms with E-state index in [1.807, 2.05) is 0 Å². The first-order chi connectivity index (χ1) is 15.0. The molecule has 0 unspecified atom stereocenters. The molecule has 0 aliphatic heterocycles.